The van der Waals surface area contributed by atoms with E-state index in [1.54, 1.807) is 0 Å². The molecule has 96 valence electrons. The van der Waals surface area contributed by atoms with Crippen molar-refractivity contribution in [2.75, 3.05) is 5.73 Å². The van der Waals surface area contributed by atoms with Gasteiger partial charge in [0.05, 0.1) is 5.69 Å². The largest absolute Gasteiger partial charge is 0.368 e. The highest BCUT2D eigenvalue weighted by molar-refractivity contribution is 5.62. The van der Waals surface area contributed by atoms with Crippen molar-refractivity contribution in [2.45, 2.75) is 13.8 Å². The Morgan fingerprint density at radius 1 is 1.21 bits per heavy atom. The number of nitrogens with zero attached hydrogens (tertiary/aromatic N) is 3. The Kier molecular flexibility index (Phi) is 2.38. The number of rotatable bonds is 1. The zero-order valence-corrected chi connectivity index (χ0v) is 10.6. The number of anilines is 1. The topological polar surface area (TPSA) is 89.1 Å². The maximum Gasteiger partial charge on any atom is 0.262 e. The lowest BCUT2D eigenvalue weighted by atomic mass is 10.0. The van der Waals surface area contributed by atoms with Crippen LogP contribution in [-0.2, 0) is 0 Å². The number of nitrogens with one attached hydrogen (secondary N) is 1. The number of aromatic nitrogens is 4. The lowest BCUT2D eigenvalue weighted by Crippen LogP contribution is -2.15. The molecule has 1 aromatic carbocycles. The molecule has 0 radical (unpaired) electrons. The Morgan fingerprint density at radius 2 is 2.00 bits per heavy atom. The second kappa shape index (κ2) is 3.94. The van der Waals surface area contributed by atoms with E-state index in [1.165, 1.54) is 16.0 Å². The number of benzene rings is 1. The van der Waals surface area contributed by atoms with Crippen molar-refractivity contribution >= 4 is 11.7 Å². The van der Waals surface area contributed by atoms with Gasteiger partial charge in [0, 0.05) is 11.6 Å². The fourth-order valence-corrected chi connectivity index (χ4v) is 1.98. The average molecular weight is 255 g/mol. The minimum Gasteiger partial charge on any atom is -0.368 e. The number of aromatic amines is 1. The van der Waals surface area contributed by atoms with Crippen molar-refractivity contribution in [3.05, 3.63) is 45.7 Å². The molecule has 2 aromatic heterocycles. The van der Waals surface area contributed by atoms with Gasteiger partial charge in [0.2, 0.25) is 11.7 Å². The van der Waals surface area contributed by atoms with Gasteiger partial charge in [0.1, 0.15) is 0 Å². The van der Waals surface area contributed by atoms with Crippen molar-refractivity contribution in [2.24, 2.45) is 0 Å². The van der Waals surface area contributed by atoms with E-state index in [9.17, 15) is 4.79 Å². The van der Waals surface area contributed by atoms with Crippen LogP contribution >= 0.6 is 0 Å². The first-order valence-corrected chi connectivity index (χ1v) is 5.87. The molecule has 6 nitrogen and oxygen atoms in total. The molecule has 0 unspecified atom stereocenters. The molecule has 0 saturated heterocycles. The van der Waals surface area contributed by atoms with Crippen LogP contribution in [0.3, 0.4) is 0 Å². The van der Waals surface area contributed by atoms with Gasteiger partial charge in [-0.15, -0.1) is 5.10 Å². The summed E-state index contributed by atoms with van der Waals surface area (Å²) >= 11 is 0. The molecule has 0 amide bonds. The number of hydrogen-bond acceptors (Lipinski definition) is 4. The molecule has 0 fully saturated rings. The summed E-state index contributed by atoms with van der Waals surface area (Å²) in [5.74, 6) is 0.456. The predicted octanol–water partition coefficient (Wildman–Crippen LogP) is 1.28. The van der Waals surface area contributed by atoms with E-state index in [-0.39, 0.29) is 11.5 Å². The van der Waals surface area contributed by atoms with Crippen molar-refractivity contribution in [3.63, 3.8) is 0 Å². The number of nitrogen functional groups attached to an aromatic ring is 1. The highest BCUT2D eigenvalue weighted by Gasteiger charge is 2.09. The number of H-pyrrole nitrogens is 1. The van der Waals surface area contributed by atoms with Crippen LogP contribution in [0.5, 0.6) is 0 Å². The van der Waals surface area contributed by atoms with E-state index in [0.717, 1.165) is 11.1 Å². The Morgan fingerprint density at radius 3 is 2.74 bits per heavy atom. The van der Waals surface area contributed by atoms with Crippen LogP contribution in [0.2, 0.25) is 0 Å². The number of aryl methyl sites for hydroxylation is 2. The molecular formula is C13H13N5O. The second-order valence-electron chi connectivity index (χ2n) is 4.52. The Labute approximate surface area is 108 Å². The molecule has 0 bridgehead atoms. The summed E-state index contributed by atoms with van der Waals surface area (Å²) in [7, 11) is 0. The summed E-state index contributed by atoms with van der Waals surface area (Å²) in [5.41, 5.74) is 9.21. The maximum atomic E-state index is 12.0. The molecular weight excluding hydrogens is 242 g/mol. The summed E-state index contributed by atoms with van der Waals surface area (Å²) in [6.45, 7) is 4.07. The van der Waals surface area contributed by atoms with Gasteiger partial charge in [-0.3, -0.25) is 4.79 Å². The molecule has 0 aliphatic rings. The average Bonchev–Trinajstić information content (AvgIpc) is 2.75. The van der Waals surface area contributed by atoms with Gasteiger partial charge in [0.25, 0.3) is 5.56 Å². The monoisotopic (exact) mass is 255 g/mol. The third kappa shape index (κ3) is 1.77. The lowest BCUT2D eigenvalue weighted by Gasteiger charge is -2.04. The molecule has 0 saturated carbocycles. The third-order valence-corrected chi connectivity index (χ3v) is 3.22. The van der Waals surface area contributed by atoms with E-state index in [1.807, 2.05) is 32.0 Å². The van der Waals surface area contributed by atoms with Gasteiger partial charge in [-0.25, -0.2) is 14.5 Å². The smallest absolute Gasteiger partial charge is 0.262 e. The fourth-order valence-electron chi connectivity index (χ4n) is 1.98. The van der Waals surface area contributed by atoms with Gasteiger partial charge >= 0.3 is 0 Å². The van der Waals surface area contributed by atoms with E-state index in [2.05, 4.69) is 15.2 Å². The standard InChI is InChI=1S/C13H13N5O/c1-7-3-4-9(5-8(7)2)10-6-11(19)18-12(14)16-17-13(18)15-10/h3-6H,1-2H3,(H2,14,16)(H,15,17). The van der Waals surface area contributed by atoms with Crippen molar-refractivity contribution < 1.29 is 0 Å². The molecule has 3 aromatic rings. The summed E-state index contributed by atoms with van der Waals surface area (Å²) in [4.78, 5) is 16.4. The Bertz CT molecular complexity index is 831. The van der Waals surface area contributed by atoms with Crippen LogP contribution < -0.4 is 11.3 Å². The van der Waals surface area contributed by atoms with Gasteiger partial charge in [0.15, 0.2) is 0 Å². The van der Waals surface area contributed by atoms with Gasteiger partial charge in [-0.2, -0.15) is 0 Å². The molecule has 0 spiro atoms. The Hall–Kier alpha value is -2.63. The van der Waals surface area contributed by atoms with Crippen LogP contribution in [0.1, 0.15) is 11.1 Å². The first kappa shape index (κ1) is 11.5. The quantitative estimate of drug-likeness (QED) is 0.685. The highest BCUT2D eigenvalue weighted by Crippen LogP contribution is 2.19. The summed E-state index contributed by atoms with van der Waals surface area (Å²) in [5, 5.41) is 6.42. The van der Waals surface area contributed by atoms with Crippen molar-refractivity contribution in [1.29, 1.82) is 0 Å². The molecule has 3 rings (SSSR count). The van der Waals surface area contributed by atoms with Gasteiger partial charge < -0.3 is 5.73 Å². The Balaban J connectivity index is 2.25. The van der Waals surface area contributed by atoms with Crippen LogP contribution in [-0.4, -0.2) is 19.6 Å². The van der Waals surface area contributed by atoms with Crippen molar-refractivity contribution in [1.82, 2.24) is 19.6 Å². The second-order valence-corrected chi connectivity index (χ2v) is 4.52. The summed E-state index contributed by atoms with van der Waals surface area (Å²) in [6.07, 6.45) is 0. The van der Waals surface area contributed by atoms with Crippen molar-refractivity contribution in [3.8, 4) is 11.3 Å². The maximum absolute atomic E-state index is 12.0. The summed E-state index contributed by atoms with van der Waals surface area (Å²) in [6, 6.07) is 7.42. The fraction of sp³-hybridized carbons (Fsp3) is 0.154. The van der Waals surface area contributed by atoms with Crippen LogP contribution in [0, 0.1) is 13.8 Å². The third-order valence-electron chi connectivity index (χ3n) is 3.22. The molecule has 6 heteroatoms. The van der Waals surface area contributed by atoms with E-state index >= 15 is 0 Å². The molecule has 0 aliphatic heterocycles. The van der Waals surface area contributed by atoms with Crippen LogP contribution in [0.25, 0.3) is 17.0 Å². The van der Waals surface area contributed by atoms with E-state index in [0.29, 0.717) is 11.5 Å². The van der Waals surface area contributed by atoms with Gasteiger partial charge in [-0.1, -0.05) is 12.1 Å². The van der Waals surface area contributed by atoms with Crippen LogP contribution in [0.15, 0.2) is 29.1 Å². The normalized spacial score (nSPS) is 11.1. The minimum absolute atomic E-state index is 0.110. The first-order chi connectivity index (χ1) is 9.06. The zero-order chi connectivity index (χ0) is 13.6. The minimum atomic E-state index is -0.246. The number of nitrogens with two attached hydrogens (primary N) is 1. The molecule has 19 heavy (non-hydrogen) atoms. The van der Waals surface area contributed by atoms with E-state index < -0.39 is 0 Å². The molecule has 3 N–H and O–H groups in total. The lowest BCUT2D eigenvalue weighted by molar-refractivity contribution is 1.07. The number of fused-ring (bicyclic) bond motifs is 1. The molecule has 0 aliphatic carbocycles. The molecule has 0 atom stereocenters. The highest BCUT2D eigenvalue weighted by atomic mass is 16.1. The van der Waals surface area contributed by atoms with Gasteiger partial charge in [-0.05, 0) is 31.0 Å². The number of hydrogen-bond donors (Lipinski definition) is 2. The molecule has 2 heterocycles. The zero-order valence-electron chi connectivity index (χ0n) is 10.6. The van der Waals surface area contributed by atoms with E-state index in [4.69, 9.17) is 5.73 Å². The van der Waals surface area contributed by atoms with Crippen LogP contribution in [0.4, 0.5) is 5.95 Å². The summed E-state index contributed by atoms with van der Waals surface area (Å²) < 4.78 is 1.24. The first-order valence-electron chi connectivity index (χ1n) is 5.87. The SMILES string of the molecule is Cc1ccc(-c2cc(=O)n3c(N)n[nH]c3n2)cc1C. The predicted molar refractivity (Wildman–Crippen MR) is 72.9 cm³/mol.